The molecule has 6 heteroatoms. The second kappa shape index (κ2) is 5.41. The second-order valence-corrected chi connectivity index (χ2v) is 4.67. The van der Waals surface area contributed by atoms with Crippen LogP contribution < -0.4 is 0 Å². The Labute approximate surface area is 118 Å². The summed E-state index contributed by atoms with van der Waals surface area (Å²) in [6.45, 7) is -0.399. The van der Waals surface area contributed by atoms with Crippen LogP contribution in [0.5, 0.6) is 0 Å². The fourth-order valence-electron chi connectivity index (χ4n) is 1.57. The largest absolute Gasteiger partial charge is 0.390 e. The van der Waals surface area contributed by atoms with E-state index in [0.717, 1.165) is 0 Å². The minimum Gasteiger partial charge on any atom is -0.390 e. The molecule has 1 aromatic carbocycles. The fraction of sp³-hybridized carbons (Fsp3) is 0.0833. The minimum absolute atomic E-state index is 0.190. The van der Waals surface area contributed by atoms with Crippen LogP contribution in [0.1, 0.15) is 5.69 Å². The molecule has 0 fully saturated rings. The van der Waals surface area contributed by atoms with E-state index >= 15 is 0 Å². The highest BCUT2D eigenvalue weighted by Crippen LogP contribution is 2.38. The minimum atomic E-state index is -0.668. The predicted octanol–water partition coefficient (Wildman–Crippen LogP) is 4.34. The van der Waals surface area contributed by atoms with E-state index in [1.54, 1.807) is 12.1 Å². The normalized spacial score (nSPS) is 10.7. The second-order valence-electron chi connectivity index (χ2n) is 3.51. The number of rotatable bonds is 2. The smallest absolute Gasteiger partial charge is 0.213 e. The van der Waals surface area contributed by atoms with Gasteiger partial charge in [0.15, 0.2) is 0 Å². The van der Waals surface area contributed by atoms with Crippen molar-refractivity contribution < 1.29 is 9.50 Å². The third kappa shape index (κ3) is 2.45. The molecule has 2 nitrogen and oxygen atoms in total. The molecular weight excluding hydrogens is 299 g/mol. The van der Waals surface area contributed by atoms with Crippen molar-refractivity contribution in [2.24, 2.45) is 0 Å². The monoisotopic (exact) mass is 305 g/mol. The van der Waals surface area contributed by atoms with Gasteiger partial charge in [0.1, 0.15) is 0 Å². The van der Waals surface area contributed by atoms with Crippen LogP contribution in [0.15, 0.2) is 24.3 Å². The average Bonchev–Trinajstić information content (AvgIpc) is 2.37. The summed E-state index contributed by atoms with van der Waals surface area (Å²) in [4.78, 5) is 3.61. The Bertz CT molecular complexity index is 604. The van der Waals surface area contributed by atoms with Crippen LogP contribution in [0.25, 0.3) is 11.1 Å². The lowest BCUT2D eigenvalue weighted by atomic mass is 10.0. The maximum atomic E-state index is 13.0. The molecule has 0 aliphatic rings. The summed E-state index contributed by atoms with van der Waals surface area (Å²) in [6, 6.07) is 5.90. The van der Waals surface area contributed by atoms with E-state index in [2.05, 4.69) is 4.98 Å². The Hall–Kier alpha value is -0.870. The molecule has 0 aliphatic heterocycles. The van der Waals surface area contributed by atoms with E-state index in [4.69, 9.17) is 34.8 Å². The van der Waals surface area contributed by atoms with Crippen LogP contribution in [0, 0.1) is 5.95 Å². The molecule has 0 unspecified atom stereocenters. The number of hydrogen-bond donors (Lipinski definition) is 1. The van der Waals surface area contributed by atoms with Crippen LogP contribution in [0.2, 0.25) is 15.1 Å². The molecule has 18 heavy (non-hydrogen) atoms. The van der Waals surface area contributed by atoms with E-state index in [1.165, 1.54) is 12.1 Å². The first kappa shape index (κ1) is 13.6. The number of hydrogen-bond acceptors (Lipinski definition) is 2. The zero-order valence-electron chi connectivity index (χ0n) is 8.92. The van der Waals surface area contributed by atoms with Crippen LogP contribution in [0.4, 0.5) is 4.39 Å². The van der Waals surface area contributed by atoms with Crippen molar-refractivity contribution in [1.82, 2.24) is 4.98 Å². The summed E-state index contributed by atoms with van der Waals surface area (Å²) >= 11 is 17.9. The summed E-state index contributed by atoms with van der Waals surface area (Å²) in [7, 11) is 0. The Kier molecular flexibility index (Phi) is 4.07. The van der Waals surface area contributed by atoms with Crippen molar-refractivity contribution in [2.75, 3.05) is 0 Å². The van der Waals surface area contributed by atoms with Crippen LogP contribution >= 0.6 is 34.8 Å². The highest BCUT2D eigenvalue weighted by atomic mass is 35.5. The number of halogens is 4. The molecule has 1 heterocycles. The topological polar surface area (TPSA) is 33.1 Å². The van der Waals surface area contributed by atoms with Crippen LogP contribution in [-0.2, 0) is 6.61 Å². The molecule has 1 aromatic heterocycles. The molecule has 0 saturated heterocycles. The number of aromatic nitrogens is 1. The lowest BCUT2D eigenvalue weighted by molar-refractivity contribution is 0.275. The molecule has 0 radical (unpaired) electrons. The number of aliphatic hydroxyl groups excluding tert-OH is 1. The summed E-state index contributed by atoms with van der Waals surface area (Å²) < 4.78 is 13.0. The first-order chi connectivity index (χ1) is 8.54. The van der Waals surface area contributed by atoms with Crippen molar-refractivity contribution in [2.45, 2.75) is 6.61 Å². The van der Waals surface area contributed by atoms with Crippen molar-refractivity contribution in [3.8, 4) is 11.1 Å². The zero-order chi connectivity index (χ0) is 13.3. The van der Waals surface area contributed by atoms with E-state index in [9.17, 15) is 9.50 Å². The molecule has 2 rings (SSSR count). The fourth-order valence-corrected chi connectivity index (χ4v) is 2.21. The van der Waals surface area contributed by atoms with Gasteiger partial charge >= 0.3 is 0 Å². The highest BCUT2D eigenvalue weighted by Gasteiger charge is 2.14. The number of nitrogens with zero attached hydrogens (tertiary/aromatic N) is 1. The number of benzene rings is 1. The van der Waals surface area contributed by atoms with E-state index in [0.29, 0.717) is 16.1 Å². The van der Waals surface area contributed by atoms with Gasteiger partial charge in [-0.1, -0.05) is 40.9 Å². The molecule has 94 valence electrons. The van der Waals surface area contributed by atoms with Gasteiger partial charge in [-0.05, 0) is 18.2 Å². The Morgan fingerprint density at radius 2 is 1.67 bits per heavy atom. The molecule has 2 aromatic rings. The van der Waals surface area contributed by atoms with E-state index in [-0.39, 0.29) is 15.7 Å². The van der Waals surface area contributed by atoms with Gasteiger partial charge in [0.2, 0.25) is 5.95 Å². The van der Waals surface area contributed by atoms with E-state index < -0.39 is 12.6 Å². The number of aliphatic hydroxyl groups is 1. The van der Waals surface area contributed by atoms with Crippen molar-refractivity contribution in [3.63, 3.8) is 0 Å². The zero-order valence-corrected chi connectivity index (χ0v) is 11.2. The maximum absolute atomic E-state index is 13.0. The molecule has 0 amide bonds. The molecule has 0 aliphatic carbocycles. The first-order valence-corrected chi connectivity index (χ1v) is 6.08. The van der Waals surface area contributed by atoms with Crippen molar-refractivity contribution in [3.05, 3.63) is 51.0 Å². The van der Waals surface area contributed by atoms with Gasteiger partial charge in [0.25, 0.3) is 0 Å². The Morgan fingerprint density at radius 1 is 1.00 bits per heavy atom. The maximum Gasteiger partial charge on any atom is 0.213 e. The lowest BCUT2D eigenvalue weighted by Gasteiger charge is -2.10. The first-order valence-electron chi connectivity index (χ1n) is 4.94. The molecule has 1 N–H and O–H groups in total. The Morgan fingerprint density at radius 3 is 2.33 bits per heavy atom. The van der Waals surface area contributed by atoms with Gasteiger partial charge < -0.3 is 5.11 Å². The molecule has 0 atom stereocenters. The summed E-state index contributed by atoms with van der Waals surface area (Å²) in [5, 5.41) is 9.97. The van der Waals surface area contributed by atoms with Gasteiger partial charge in [-0.25, -0.2) is 4.98 Å². The quantitative estimate of drug-likeness (QED) is 0.661. The molecular formula is C12H7Cl3FNO. The summed E-state index contributed by atoms with van der Waals surface area (Å²) in [5.41, 5.74) is 1.25. The van der Waals surface area contributed by atoms with Gasteiger partial charge in [-0.15, -0.1) is 0 Å². The SMILES string of the molecule is OCc1nc(F)ccc1-c1ccc(Cl)c(Cl)c1Cl. The summed E-state index contributed by atoms with van der Waals surface area (Å²) in [5.74, 6) is -0.668. The molecule has 0 saturated carbocycles. The number of pyridine rings is 1. The van der Waals surface area contributed by atoms with Crippen LogP contribution in [0.3, 0.4) is 0 Å². The third-order valence-electron chi connectivity index (χ3n) is 2.42. The Balaban J connectivity index is 2.66. The van der Waals surface area contributed by atoms with Crippen molar-refractivity contribution >= 4 is 34.8 Å². The van der Waals surface area contributed by atoms with Crippen molar-refractivity contribution in [1.29, 1.82) is 0 Å². The molecule has 0 spiro atoms. The predicted molar refractivity (Wildman–Crippen MR) is 70.6 cm³/mol. The van der Waals surface area contributed by atoms with Gasteiger partial charge in [-0.3, -0.25) is 0 Å². The van der Waals surface area contributed by atoms with Gasteiger partial charge in [-0.2, -0.15) is 4.39 Å². The van der Waals surface area contributed by atoms with Gasteiger partial charge in [0, 0.05) is 11.1 Å². The highest BCUT2D eigenvalue weighted by molar-refractivity contribution is 6.49. The molecule has 0 bridgehead atoms. The third-order valence-corrected chi connectivity index (χ3v) is 3.71. The van der Waals surface area contributed by atoms with Gasteiger partial charge in [0.05, 0.1) is 27.4 Å². The average molecular weight is 307 g/mol. The van der Waals surface area contributed by atoms with Crippen LogP contribution in [-0.4, -0.2) is 10.1 Å². The standard InChI is InChI=1S/C12H7Cl3FNO/c13-8-3-1-7(11(14)12(8)15)6-2-4-10(16)17-9(6)5-18/h1-4,18H,5H2. The lowest BCUT2D eigenvalue weighted by Crippen LogP contribution is -1.97. The summed E-state index contributed by atoms with van der Waals surface area (Å²) in [6.07, 6.45) is 0. The van der Waals surface area contributed by atoms with E-state index in [1.807, 2.05) is 0 Å².